The van der Waals surface area contributed by atoms with Crippen molar-refractivity contribution >= 4 is 35.0 Å². The minimum atomic E-state index is -1.13. The maximum absolute atomic E-state index is 13.7. The Bertz CT molecular complexity index is 1160. The lowest BCUT2D eigenvalue weighted by Gasteiger charge is -2.38. The summed E-state index contributed by atoms with van der Waals surface area (Å²) in [6, 6.07) is 6.84. The van der Waals surface area contributed by atoms with E-state index in [0.29, 0.717) is 0 Å². The van der Waals surface area contributed by atoms with Crippen LogP contribution in [0, 0.1) is 24.2 Å². The molecule has 0 bridgehead atoms. The van der Waals surface area contributed by atoms with Crippen LogP contribution in [0.4, 0.5) is 0 Å². The first-order valence-electron chi connectivity index (χ1n) is 12.1. The van der Waals surface area contributed by atoms with E-state index in [1.54, 1.807) is 37.6 Å². The number of nitrogens with one attached hydrogen (secondary N) is 1. The number of hydrogen-bond donors (Lipinski definition) is 4. The average molecular weight is 530 g/mol. The smallest absolute Gasteiger partial charge is 0.243 e. The van der Waals surface area contributed by atoms with Crippen molar-refractivity contribution in [3.8, 4) is 10.4 Å². The molecule has 0 saturated carbocycles. The van der Waals surface area contributed by atoms with Gasteiger partial charge in [0, 0.05) is 25.9 Å². The summed E-state index contributed by atoms with van der Waals surface area (Å²) in [7, 11) is 0. The first-order chi connectivity index (χ1) is 17.3. The maximum Gasteiger partial charge on any atom is 0.243 e. The number of aryl methyl sites for hydroxylation is 1. The third-order valence-corrected chi connectivity index (χ3v) is 7.66. The van der Waals surface area contributed by atoms with E-state index in [-0.39, 0.29) is 25.9 Å². The molecule has 0 radical (unpaired) electrons. The molecule has 0 spiro atoms. The molecule has 0 aliphatic carbocycles. The Morgan fingerprint density at radius 3 is 2.35 bits per heavy atom. The molecule has 1 aliphatic heterocycles. The molecule has 10 nitrogen and oxygen atoms in total. The Morgan fingerprint density at radius 1 is 1.19 bits per heavy atom. The van der Waals surface area contributed by atoms with Gasteiger partial charge in [0.1, 0.15) is 6.04 Å². The van der Waals surface area contributed by atoms with Gasteiger partial charge in [-0.3, -0.25) is 19.2 Å². The number of β-amino-alcohol motifs (C(OH)–C–C–N with tert-alkyl or cyclic N) is 1. The fraction of sp³-hybridized carbons (Fsp3) is 0.500. The molecule has 6 N–H and O–H groups in total. The Hall–Kier alpha value is -3.31. The van der Waals surface area contributed by atoms with E-state index in [2.05, 4.69) is 10.3 Å². The molecule has 1 aromatic heterocycles. The van der Waals surface area contributed by atoms with E-state index >= 15 is 0 Å². The molecule has 2 aromatic rings. The van der Waals surface area contributed by atoms with Crippen LogP contribution in [0.5, 0.6) is 0 Å². The van der Waals surface area contributed by atoms with Gasteiger partial charge in [0.25, 0.3) is 0 Å². The van der Waals surface area contributed by atoms with Crippen LogP contribution >= 0.6 is 11.3 Å². The van der Waals surface area contributed by atoms with Crippen molar-refractivity contribution in [3.63, 3.8) is 0 Å². The summed E-state index contributed by atoms with van der Waals surface area (Å²) in [5.41, 5.74) is 14.8. The monoisotopic (exact) mass is 529 g/mol. The Kier molecular flexibility index (Phi) is 8.70. The highest BCUT2D eigenvalue weighted by Crippen LogP contribution is 2.37. The lowest BCUT2D eigenvalue weighted by Crippen LogP contribution is -2.53. The van der Waals surface area contributed by atoms with E-state index < -0.39 is 53.0 Å². The SMILES string of the molecule is Cc1ncsc1-c1ccc(CNC(=O)[C@@H]2C[C@@H](O)CN2C(=O)[C@@H](C(CC(N)=O)C(N)=O)C(C)(C)C)cc1. The van der Waals surface area contributed by atoms with Gasteiger partial charge in [-0.25, -0.2) is 4.98 Å². The molecule has 4 amide bonds. The maximum atomic E-state index is 13.7. The number of aliphatic hydroxyl groups excluding tert-OH is 1. The van der Waals surface area contributed by atoms with Gasteiger partial charge in [0.15, 0.2) is 0 Å². The molecule has 2 heterocycles. The van der Waals surface area contributed by atoms with Crippen molar-refractivity contribution in [2.24, 2.45) is 28.7 Å². The summed E-state index contributed by atoms with van der Waals surface area (Å²) in [4.78, 5) is 57.3. The summed E-state index contributed by atoms with van der Waals surface area (Å²) in [6.45, 7) is 7.40. The van der Waals surface area contributed by atoms with Gasteiger partial charge >= 0.3 is 0 Å². The quantitative estimate of drug-likeness (QED) is 0.382. The number of carbonyl (C=O) groups excluding carboxylic acids is 4. The van der Waals surface area contributed by atoms with E-state index in [9.17, 15) is 24.3 Å². The number of nitrogens with two attached hydrogens (primary N) is 2. The number of rotatable bonds is 9. The van der Waals surface area contributed by atoms with E-state index in [0.717, 1.165) is 21.7 Å². The minimum Gasteiger partial charge on any atom is -0.391 e. The molecule has 37 heavy (non-hydrogen) atoms. The highest BCUT2D eigenvalue weighted by molar-refractivity contribution is 7.13. The first-order valence-corrected chi connectivity index (χ1v) is 13.0. The number of primary amides is 2. The standard InChI is InChI=1S/C26H35N5O5S/c1-14-22(37-13-30-14)16-7-5-15(6-8-16)11-29-24(35)19-9-17(32)12-31(19)25(36)21(26(2,3)4)18(23(28)34)10-20(27)33/h5-8,13,17-19,21,32H,9-12H2,1-4H3,(H2,27,33)(H2,28,34)(H,29,35)/t17-,18?,19+,21-/m1/s1. The van der Waals surface area contributed by atoms with E-state index in [1.165, 1.54) is 4.90 Å². The van der Waals surface area contributed by atoms with Crippen LogP contribution in [0.15, 0.2) is 29.8 Å². The molecular weight excluding hydrogens is 494 g/mol. The normalized spacial score (nSPS) is 19.3. The van der Waals surface area contributed by atoms with Crippen molar-refractivity contribution < 1.29 is 24.3 Å². The van der Waals surface area contributed by atoms with Gasteiger partial charge < -0.3 is 26.8 Å². The zero-order valence-corrected chi connectivity index (χ0v) is 22.4. The largest absolute Gasteiger partial charge is 0.391 e. The Morgan fingerprint density at radius 2 is 1.84 bits per heavy atom. The van der Waals surface area contributed by atoms with Crippen LogP contribution in [0.3, 0.4) is 0 Å². The van der Waals surface area contributed by atoms with Crippen LogP contribution in [-0.4, -0.2) is 57.3 Å². The summed E-state index contributed by atoms with van der Waals surface area (Å²) < 4.78 is 0. The highest BCUT2D eigenvalue weighted by atomic mass is 32.1. The number of likely N-dealkylation sites (tertiary alicyclic amines) is 1. The summed E-state index contributed by atoms with van der Waals surface area (Å²) in [5, 5.41) is 13.2. The lowest BCUT2D eigenvalue weighted by atomic mass is 9.70. The van der Waals surface area contributed by atoms with Crippen molar-refractivity contribution in [2.45, 2.75) is 59.2 Å². The molecule has 1 saturated heterocycles. The van der Waals surface area contributed by atoms with Crippen molar-refractivity contribution in [2.75, 3.05) is 6.54 Å². The molecule has 1 fully saturated rings. The number of aromatic nitrogens is 1. The minimum absolute atomic E-state index is 0.0611. The molecule has 1 aliphatic rings. The average Bonchev–Trinajstić information content (AvgIpc) is 3.41. The van der Waals surface area contributed by atoms with Crippen LogP contribution in [0.1, 0.15) is 44.9 Å². The molecule has 200 valence electrons. The van der Waals surface area contributed by atoms with Crippen LogP contribution < -0.4 is 16.8 Å². The van der Waals surface area contributed by atoms with Gasteiger partial charge in [-0.2, -0.15) is 0 Å². The summed E-state index contributed by atoms with van der Waals surface area (Å²) >= 11 is 1.56. The van der Waals surface area contributed by atoms with Crippen LogP contribution in [0.25, 0.3) is 10.4 Å². The predicted octanol–water partition coefficient (Wildman–Crippen LogP) is 1.34. The number of thiazole rings is 1. The molecule has 11 heteroatoms. The van der Waals surface area contributed by atoms with Crippen molar-refractivity contribution in [1.29, 1.82) is 0 Å². The van der Waals surface area contributed by atoms with Gasteiger partial charge in [0.2, 0.25) is 23.6 Å². The number of carbonyl (C=O) groups is 4. The van der Waals surface area contributed by atoms with Crippen LogP contribution in [-0.2, 0) is 25.7 Å². The van der Waals surface area contributed by atoms with E-state index in [4.69, 9.17) is 11.5 Å². The number of nitrogens with zero attached hydrogens (tertiary/aromatic N) is 2. The zero-order chi connectivity index (χ0) is 27.5. The molecular formula is C26H35N5O5S. The van der Waals surface area contributed by atoms with Crippen molar-refractivity contribution in [1.82, 2.24) is 15.2 Å². The van der Waals surface area contributed by atoms with Gasteiger partial charge in [-0.1, -0.05) is 45.0 Å². The second-order valence-electron chi connectivity index (χ2n) is 10.6. The molecule has 3 rings (SSSR count). The topological polar surface area (TPSA) is 169 Å². The van der Waals surface area contributed by atoms with Gasteiger partial charge in [-0.15, -0.1) is 11.3 Å². The lowest BCUT2D eigenvalue weighted by molar-refractivity contribution is -0.150. The van der Waals surface area contributed by atoms with Gasteiger partial charge in [0.05, 0.1) is 34.0 Å². The number of benzene rings is 1. The Labute approximate surface area is 220 Å². The van der Waals surface area contributed by atoms with E-state index in [1.807, 2.05) is 31.2 Å². The number of hydrogen-bond acceptors (Lipinski definition) is 7. The Balaban J connectivity index is 1.74. The molecule has 1 aromatic carbocycles. The van der Waals surface area contributed by atoms with Crippen molar-refractivity contribution in [3.05, 3.63) is 41.0 Å². The second-order valence-corrected chi connectivity index (χ2v) is 11.5. The fourth-order valence-corrected chi connectivity index (χ4v) is 5.70. The molecule has 1 unspecified atom stereocenters. The summed E-state index contributed by atoms with van der Waals surface area (Å²) in [5.74, 6) is -4.63. The second kappa shape index (κ2) is 11.4. The third-order valence-electron chi connectivity index (χ3n) is 6.68. The highest BCUT2D eigenvalue weighted by Gasteiger charge is 2.48. The summed E-state index contributed by atoms with van der Waals surface area (Å²) in [6.07, 6.45) is -1.21. The fourth-order valence-electron chi connectivity index (χ4n) is 4.89. The predicted molar refractivity (Wildman–Crippen MR) is 140 cm³/mol. The third kappa shape index (κ3) is 6.72. The number of amides is 4. The van der Waals surface area contributed by atoms with Crippen LogP contribution in [0.2, 0.25) is 0 Å². The number of aliphatic hydroxyl groups is 1. The first kappa shape index (κ1) is 28.3. The molecule has 4 atom stereocenters. The van der Waals surface area contributed by atoms with Gasteiger partial charge in [-0.05, 0) is 23.5 Å². The zero-order valence-electron chi connectivity index (χ0n) is 21.6.